The van der Waals surface area contributed by atoms with E-state index in [0.717, 1.165) is 75.4 Å². The van der Waals surface area contributed by atoms with E-state index in [1.165, 1.54) is 17.1 Å². The average molecular weight is 698 g/mol. The van der Waals surface area contributed by atoms with Crippen LogP contribution in [0.25, 0.3) is 0 Å². The Kier molecular flexibility index (Phi) is 7.76. The first kappa shape index (κ1) is 31.7. The normalized spacial score (nSPS) is 14.1. The molecule has 0 bridgehead atoms. The van der Waals surface area contributed by atoms with Gasteiger partial charge >= 0.3 is 0 Å². The number of allylic oxidation sites excluding steroid dienone is 3. The molecule has 1 aliphatic carbocycles. The van der Waals surface area contributed by atoms with Crippen LogP contribution < -0.4 is 24.5 Å². The summed E-state index contributed by atoms with van der Waals surface area (Å²) in [5, 5.41) is 0. The summed E-state index contributed by atoms with van der Waals surface area (Å²) in [4.78, 5) is 11.9. The van der Waals surface area contributed by atoms with Gasteiger partial charge < -0.3 is 24.5 Å². The lowest BCUT2D eigenvalue weighted by Crippen LogP contribution is -2.26. The van der Waals surface area contributed by atoms with Gasteiger partial charge in [0.1, 0.15) is 0 Å². The van der Waals surface area contributed by atoms with Gasteiger partial charge in [0.15, 0.2) is 0 Å². The monoisotopic (exact) mass is 697 g/mol. The molecule has 0 spiro atoms. The van der Waals surface area contributed by atoms with E-state index in [1.807, 2.05) is 0 Å². The van der Waals surface area contributed by atoms with E-state index in [-0.39, 0.29) is 0 Å². The van der Waals surface area contributed by atoms with Gasteiger partial charge in [-0.25, -0.2) is 0 Å². The second-order valence-corrected chi connectivity index (χ2v) is 13.8. The fourth-order valence-corrected chi connectivity index (χ4v) is 8.17. The molecule has 7 aromatic carbocycles. The lowest BCUT2D eigenvalue weighted by molar-refractivity contribution is 0.992. The van der Waals surface area contributed by atoms with Crippen molar-refractivity contribution in [3.63, 3.8) is 0 Å². The van der Waals surface area contributed by atoms with Crippen LogP contribution in [0.4, 0.5) is 73.9 Å². The number of anilines is 13. The summed E-state index contributed by atoms with van der Waals surface area (Å²) in [6, 6.07) is 63.3. The maximum absolute atomic E-state index is 2.41. The molecule has 3 aliphatic rings. The molecule has 0 radical (unpaired) electrons. The van der Waals surface area contributed by atoms with E-state index in [4.69, 9.17) is 0 Å². The quantitative estimate of drug-likeness (QED) is 0.171. The van der Waals surface area contributed by atoms with Gasteiger partial charge in [0.05, 0.1) is 45.5 Å². The lowest BCUT2D eigenvalue weighted by atomic mass is 10.0. The molecule has 0 saturated carbocycles. The van der Waals surface area contributed by atoms with Crippen molar-refractivity contribution in [1.29, 1.82) is 0 Å². The third-order valence-corrected chi connectivity index (χ3v) is 10.7. The summed E-state index contributed by atoms with van der Waals surface area (Å²) in [5.74, 6) is 0. The van der Waals surface area contributed by atoms with Crippen LogP contribution in [-0.2, 0) is 0 Å². The molecule has 2 aliphatic heterocycles. The number of para-hydroxylation sites is 9. The molecule has 0 unspecified atom stereocenters. The Morgan fingerprint density at radius 2 is 0.741 bits per heavy atom. The maximum Gasteiger partial charge on any atom is 0.0703 e. The third-order valence-electron chi connectivity index (χ3n) is 10.7. The predicted molar refractivity (Wildman–Crippen MR) is 227 cm³/mol. The Bertz CT molecular complexity index is 2480. The van der Waals surface area contributed by atoms with E-state index >= 15 is 0 Å². The molecule has 0 aromatic heterocycles. The van der Waals surface area contributed by atoms with Crippen LogP contribution in [0.3, 0.4) is 0 Å². The molecule has 0 amide bonds. The van der Waals surface area contributed by atoms with Crippen molar-refractivity contribution in [3.05, 3.63) is 200 Å². The number of nitrogens with zero attached hydrogens (tertiary/aromatic N) is 5. The Morgan fingerprint density at radius 3 is 1.15 bits per heavy atom. The molecule has 0 atom stereocenters. The van der Waals surface area contributed by atoms with Crippen LogP contribution >= 0.6 is 0 Å². The Balaban J connectivity index is 1.03. The molecule has 0 N–H and O–H groups in total. The van der Waals surface area contributed by atoms with Crippen LogP contribution in [-0.4, -0.2) is 7.05 Å². The first-order valence-electron chi connectivity index (χ1n) is 18.7. The van der Waals surface area contributed by atoms with Crippen LogP contribution in [0.1, 0.15) is 12.8 Å². The van der Waals surface area contributed by atoms with Gasteiger partial charge in [-0.1, -0.05) is 91.0 Å². The molecular weight excluding hydrogens is 659 g/mol. The number of benzene rings is 7. The van der Waals surface area contributed by atoms with Crippen molar-refractivity contribution in [3.8, 4) is 0 Å². The highest BCUT2D eigenvalue weighted by Crippen LogP contribution is 2.55. The van der Waals surface area contributed by atoms with Gasteiger partial charge in [-0.3, -0.25) is 0 Å². The van der Waals surface area contributed by atoms with Gasteiger partial charge in [0.2, 0.25) is 0 Å². The topological polar surface area (TPSA) is 16.2 Å². The third kappa shape index (κ3) is 5.24. The van der Waals surface area contributed by atoms with E-state index in [9.17, 15) is 0 Å². The van der Waals surface area contributed by atoms with Crippen molar-refractivity contribution in [2.24, 2.45) is 0 Å². The van der Waals surface area contributed by atoms with Gasteiger partial charge in [-0.15, -0.1) is 0 Å². The highest BCUT2D eigenvalue weighted by molar-refractivity contribution is 6.02. The van der Waals surface area contributed by atoms with Crippen molar-refractivity contribution in [2.45, 2.75) is 12.8 Å². The van der Waals surface area contributed by atoms with Crippen molar-refractivity contribution in [2.75, 3.05) is 31.5 Å². The lowest BCUT2D eigenvalue weighted by Gasteiger charge is -2.41. The fraction of sp³-hybridized carbons (Fsp3) is 0.0612. The summed E-state index contributed by atoms with van der Waals surface area (Å²) in [6.07, 6.45) is 9.03. The molecule has 0 fully saturated rings. The molecule has 5 heteroatoms. The maximum atomic E-state index is 2.41. The van der Waals surface area contributed by atoms with Crippen LogP contribution in [0, 0.1) is 0 Å². The smallest absolute Gasteiger partial charge is 0.0703 e. The van der Waals surface area contributed by atoms with Crippen LogP contribution in [0.5, 0.6) is 0 Å². The minimum absolute atomic E-state index is 1.05. The van der Waals surface area contributed by atoms with Gasteiger partial charge in [-0.2, -0.15) is 0 Å². The predicted octanol–water partition coefficient (Wildman–Crippen LogP) is 13.9. The van der Waals surface area contributed by atoms with Gasteiger partial charge in [0.25, 0.3) is 0 Å². The molecule has 2 heterocycles. The van der Waals surface area contributed by atoms with E-state index in [1.54, 1.807) is 0 Å². The SMILES string of the molecule is CN(c1cccc(N2c3ccccc3N(C3=CCCC=C3)c3ccccc32)c1)c1cccc(N2c3ccccc3N(c3ccccc3)c3ccccc32)c1. The van der Waals surface area contributed by atoms with Crippen molar-refractivity contribution < 1.29 is 0 Å². The van der Waals surface area contributed by atoms with Crippen LogP contribution in [0.2, 0.25) is 0 Å². The highest BCUT2D eigenvalue weighted by atomic mass is 15.3. The van der Waals surface area contributed by atoms with Gasteiger partial charge in [0, 0.05) is 41.2 Å². The summed E-state index contributed by atoms with van der Waals surface area (Å²) in [6.45, 7) is 0. The van der Waals surface area contributed by atoms with Crippen LogP contribution in [0.15, 0.2) is 200 Å². The number of hydrogen-bond acceptors (Lipinski definition) is 5. The minimum Gasteiger partial charge on any atom is -0.344 e. The van der Waals surface area contributed by atoms with Crippen molar-refractivity contribution in [1.82, 2.24) is 0 Å². The Hall–Kier alpha value is -6.98. The summed E-state index contributed by atoms with van der Waals surface area (Å²) < 4.78 is 0. The second-order valence-electron chi connectivity index (χ2n) is 13.8. The summed E-state index contributed by atoms with van der Waals surface area (Å²) >= 11 is 0. The van der Waals surface area contributed by atoms with Gasteiger partial charge in [-0.05, 0) is 116 Å². The largest absolute Gasteiger partial charge is 0.344 e. The van der Waals surface area contributed by atoms with E-state index < -0.39 is 0 Å². The molecule has 7 aromatic rings. The summed E-state index contributed by atoms with van der Waals surface area (Å²) in [7, 11) is 2.16. The summed E-state index contributed by atoms with van der Waals surface area (Å²) in [5.41, 5.74) is 16.0. The minimum atomic E-state index is 1.05. The Labute approximate surface area is 317 Å². The Morgan fingerprint density at radius 1 is 0.370 bits per heavy atom. The van der Waals surface area contributed by atoms with Crippen molar-refractivity contribution >= 4 is 73.9 Å². The molecular formula is C49H39N5. The first-order chi connectivity index (χ1) is 26.7. The molecule has 0 saturated heterocycles. The zero-order valence-corrected chi connectivity index (χ0v) is 30.1. The number of hydrogen-bond donors (Lipinski definition) is 0. The molecule has 54 heavy (non-hydrogen) atoms. The second kappa shape index (κ2) is 13.2. The molecule has 260 valence electrons. The number of fused-ring (bicyclic) bond motifs is 4. The zero-order chi connectivity index (χ0) is 36.0. The van der Waals surface area contributed by atoms with E-state index in [2.05, 4.69) is 226 Å². The standard InChI is InChI=1S/C49H39N5/c1-50(38-22-16-24-40(34-38)53-46-30-12-8-26-42(46)51(36-18-4-2-5-19-36)43-27-9-13-31-47(43)53)39-23-17-25-41(35-39)54-48-32-14-10-28-44(48)52(37-20-6-3-7-21-37)45-29-11-15-33-49(45)54/h2,4-6,8-35H,3,7H2,1H3. The van der Waals surface area contributed by atoms with E-state index in [0.29, 0.717) is 0 Å². The highest BCUT2D eigenvalue weighted by Gasteiger charge is 2.32. The number of rotatable bonds is 6. The first-order valence-corrected chi connectivity index (χ1v) is 18.7. The molecule has 5 nitrogen and oxygen atoms in total. The molecule has 10 rings (SSSR count). The fourth-order valence-electron chi connectivity index (χ4n) is 8.17. The zero-order valence-electron chi connectivity index (χ0n) is 30.1. The average Bonchev–Trinajstić information content (AvgIpc) is 3.25.